The summed E-state index contributed by atoms with van der Waals surface area (Å²) in [6.07, 6.45) is 3.77. The maximum Gasteiger partial charge on any atom is 0.330 e. The van der Waals surface area contributed by atoms with Crippen molar-refractivity contribution in [2.75, 3.05) is 6.54 Å². The first-order chi connectivity index (χ1) is 11.3. The second kappa shape index (κ2) is 5.45. The molecule has 24 heavy (non-hydrogen) atoms. The number of hydrogen-bond acceptors (Lipinski definition) is 3. The number of rotatable bonds is 2. The van der Waals surface area contributed by atoms with Gasteiger partial charge in [0.05, 0.1) is 5.52 Å². The summed E-state index contributed by atoms with van der Waals surface area (Å²) in [7, 11) is 1.84. The second-order valence-corrected chi connectivity index (χ2v) is 8.85. The summed E-state index contributed by atoms with van der Waals surface area (Å²) >= 11 is 0. The normalized spacial score (nSPS) is 27.1. The molecule has 0 spiro atoms. The molecule has 5 rings (SSSR count). The fraction of sp³-hybridized carbons (Fsp3) is 0.684. The third kappa shape index (κ3) is 2.59. The highest BCUT2D eigenvalue weighted by Crippen LogP contribution is 2.40. The summed E-state index contributed by atoms with van der Waals surface area (Å²) in [6, 6.07) is 4.92. The monoisotopic (exact) mass is 328 g/mol. The Balaban J connectivity index is 1.76. The van der Waals surface area contributed by atoms with Crippen LogP contribution in [0.5, 0.6) is 0 Å². The van der Waals surface area contributed by atoms with Crippen LogP contribution in [-0.2, 0) is 13.6 Å². The van der Waals surface area contributed by atoms with Gasteiger partial charge in [0.1, 0.15) is 0 Å². The molecule has 0 aromatic carbocycles. The van der Waals surface area contributed by atoms with Crippen LogP contribution in [-0.4, -0.2) is 26.7 Å². The van der Waals surface area contributed by atoms with Crippen molar-refractivity contribution >= 4 is 11.2 Å². The van der Waals surface area contributed by atoms with E-state index >= 15 is 0 Å². The minimum Gasteiger partial charge on any atom is -0.314 e. The van der Waals surface area contributed by atoms with Gasteiger partial charge in [0.25, 0.3) is 0 Å². The molecule has 2 aliphatic heterocycles. The molecule has 3 unspecified atom stereocenters. The Morgan fingerprint density at radius 1 is 1.29 bits per heavy atom. The highest BCUT2D eigenvalue weighted by molar-refractivity contribution is 5.72. The summed E-state index contributed by atoms with van der Waals surface area (Å²) in [6.45, 7) is 8.30. The molecule has 2 aromatic heterocycles. The molecule has 1 aliphatic carbocycles. The van der Waals surface area contributed by atoms with Crippen LogP contribution in [0.15, 0.2) is 16.9 Å². The van der Waals surface area contributed by atoms with Gasteiger partial charge in [-0.25, -0.2) is 9.78 Å². The smallest absolute Gasteiger partial charge is 0.314 e. The van der Waals surface area contributed by atoms with Crippen molar-refractivity contribution in [1.29, 1.82) is 0 Å². The molecule has 2 aromatic rings. The van der Waals surface area contributed by atoms with Gasteiger partial charge < -0.3 is 5.32 Å². The van der Waals surface area contributed by atoms with Crippen molar-refractivity contribution in [3.8, 4) is 0 Å². The fourth-order valence-electron chi connectivity index (χ4n) is 4.46. The lowest BCUT2D eigenvalue weighted by atomic mass is 9.72. The Morgan fingerprint density at radius 2 is 2.08 bits per heavy atom. The number of fused-ring (bicyclic) bond motifs is 4. The first-order valence-electron chi connectivity index (χ1n) is 9.13. The first kappa shape index (κ1) is 15.9. The zero-order valence-electron chi connectivity index (χ0n) is 15.2. The van der Waals surface area contributed by atoms with Gasteiger partial charge in [-0.05, 0) is 49.3 Å². The second-order valence-electron chi connectivity index (χ2n) is 8.85. The largest absolute Gasteiger partial charge is 0.330 e. The number of pyridine rings is 1. The van der Waals surface area contributed by atoms with Gasteiger partial charge in [0, 0.05) is 31.2 Å². The molecule has 130 valence electrons. The van der Waals surface area contributed by atoms with Gasteiger partial charge >= 0.3 is 5.69 Å². The first-order valence-corrected chi connectivity index (χ1v) is 9.13. The molecule has 1 saturated carbocycles. The van der Waals surface area contributed by atoms with Crippen LogP contribution in [0, 0.1) is 11.3 Å². The van der Waals surface area contributed by atoms with Crippen molar-refractivity contribution in [2.45, 2.75) is 58.5 Å². The molecule has 0 radical (unpaired) electrons. The van der Waals surface area contributed by atoms with E-state index in [1.807, 2.05) is 11.6 Å². The van der Waals surface area contributed by atoms with Crippen molar-refractivity contribution < 1.29 is 0 Å². The Kier molecular flexibility index (Phi) is 3.60. The Labute approximate surface area is 143 Å². The zero-order valence-corrected chi connectivity index (χ0v) is 15.2. The molecule has 1 N–H and O–H groups in total. The number of nitrogens with zero attached hydrogens (tertiary/aromatic N) is 3. The van der Waals surface area contributed by atoms with Crippen molar-refractivity contribution in [3.63, 3.8) is 0 Å². The van der Waals surface area contributed by atoms with E-state index in [9.17, 15) is 4.79 Å². The summed E-state index contributed by atoms with van der Waals surface area (Å²) in [5.74, 6) is 1.23. The number of hydrogen-bond donors (Lipinski definition) is 1. The maximum absolute atomic E-state index is 12.7. The van der Waals surface area contributed by atoms with Crippen molar-refractivity contribution in [1.82, 2.24) is 19.4 Å². The van der Waals surface area contributed by atoms with Crippen molar-refractivity contribution in [2.24, 2.45) is 18.4 Å². The van der Waals surface area contributed by atoms with Gasteiger partial charge in [0.2, 0.25) is 0 Å². The van der Waals surface area contributed by atoms with E-state index in [1.165, 1.54) is 25.0 Å². The molecule has 4 heterocycles. The van der Waals surface area contributed by atoms with E-state index in [4.69, 9.17) is 4.98 Å². The van der Waals surface area contributed by atoms with Crippen LogP contribution in [0.2, 0.25) is 0 Å². The lowest BCUT2D eigenvalue weighted by Crippen LogP contribution is -2.48. The minimum absolute atomic E-state index is 0.0383. The van der Waals surface area contributed by atoms with E-state index in [0.29, 0.717) is 24.4 Å². The number of aromatic nitrogens is 3. The van der Waals surface area contributed by atoms with Gasteiger partial charge in [0.15, 0.2) is 5.65 Å². The fourth-order valence-corrected chi connectivity index (χ4v) is 4.46. The van der Waals surface area contributed by atoms with Crippen LogP contribution in [0.1, 0.15) is 51.6 Å². The molecule has 3 fully saturated rings. The van der Waals surface area contributed by atoms with Crippen LogP contribution < -0.4 is 11.0 Å². The van der Waals surface area contributed by atoms with Crippen LogP contribution >= 0.6 is 0 Å². The Bertz CT molecular complexity index is 818. The standard InChI is InChI=1S/C19H28N4O/c1-19(2,3)11-23-16-8-7-15(21-17(16)22(4)18(23)24)14-9-13-6-5-12(14)10-20-13/h7-8,12-14,20H,5-6,9-11H2,1-4H3. The SMILES string of the molecule is Cn1c(=O)n(CC(C)(C)C)c2ccc(C3CC4CCC3CN4)nc21. The third-order valence-corrected chi connectivity index (χ3v) is 5.68. The predicted molar refractivity (Wildman–Crippen MR) is 96.3 cm³/mol. The van der Waals surface area contributed by atoms with Gasteiger partial charge in [-0.15, -0.1) is 0 Å². The van der Waals surface area contributed by atoms with E-state index in [1.54, 1.807) is 4.57 Å². The molecular weight excluding hydrogens is 300 g/mol. The summed E-state index contributed by atoms with van der Waals surface area (Å²) in [5, 5.41) is 3.62. The average Bonchev–Trinajstić information content (AvgIpc) is 2.79. The lowest BCUT2D eigenvalue weighted by Gasteiger charge is -2.42. The number of aryl methyl sites for hydroxylation is 1. The topological polar surface area (TPSA) is 51.9 Å². The number of piperidine rings is 2. The molecule has 3 aliphatic rings. The molecule has 2 saturated heterocycles. The van der Waals surface area contributed by atoms with Crippen molar-refractivity contribution in [3.05, 3.63) is 28.3 Å². The zero-order chi connectivity index (χ0) is 17.1. The van der Waals surface area contributed by atoms with Gasteiger partial charge in [-0.1, -0.05) is 20.8 Å². The molecule has 0 amide bonds. The number of imidazole rings is 1. The van der Waals surface area contributed by atoms with E-state index < -0.39 is 0 Å². The maximum atomic E-state index is 12.7. The Morgan fingerprint density at radius 3 is 2.67 bits per heavy atom. The molecule has 3 atom stereocenters. The van der Waals surface area contributed by atoms with Crippen LogP contribution in [0.4, 0.5) is 0 Å². The van der Waals surface area contributed by atoms with Gasteiger partial charge in [-0.2, -0.15) is 0 Å². The third-order valence-electron chi connectivity index (χ3n) is 5.68. The summed E-state index contributed by atoms with van der Waals surface area (Å²) < 4.78 is 3.59. The van der Waals surface area contributed by atoms with Crippen LogP contribution in [0.3, 0.4) is 0 Å². The summed E-state index contributed by atoms with van der Waals surface area (Å²) in [4.78, 5) is 17.6. The average molecular weight is 328 g/mol. The highest BCUT2D eigenvalue weighted by Gasteiger charge is 2.37. The summed E-state index contributed by atoms with van der Waals surface area (Å²) in [5.41, 5.74) is 3.06. The lowest BCUT2D eigenvalue weighted by molar-refractivity contribution is 0.178. The van der Waals surface area contributed by atoms with E-state index in [-0.39, 0.29) is 11.1 Å². The molecular formula is C19H28N4O. The van der Waals surface area contributed by atoms with E-state index in [0.717, 1.165) is 17.7 Å². The Hall–Kier alpha value is -1.62. The number of nitrogens with one attached hydrogen (secondary N) is 1. The predicted octanol–water partition coefficient (Wildman–Crippen LogP) is 2.64. The van der Waals surface area contributed by atoms with Crippen LogP contribution in [0.25, 0.3) is 11.2 Å². The molecule has 2 bridgehead atoms. The molecule has 5 heteroatoms. The quantitative estimate of drug-likeness (QED) is 0.922. The minimum atomic E-state index is 0.0383. The van der Waals surface area contributed by atoms with Gasteiger partial charge in [-0.3, -0.25) is 9.13 Å². The molecule has 5 nitrogen and oxygen atoms in total. The highest BCUT2D eigenvalue weighted by atomic mass is 16.1. The van der Waals surface area contributed by atoms with E-state index in [2.05, 4.69) is 38.2 Å².